The van der Waals surface area contributed by atoms with Gasteiger partial charge in [0, 0.05) is 34.7 Å². The van der Waals surface area contributed by atoms with Crippen molar-refractivity contribution in [3.05, 3.63) is 76.1 Å². The van der Waals surface area contributed by atoms with E-state index in [9.17, 15) is 9.90 Å². The molecule has 0 saturated carbocycles. The number of hydrogen-bond donors (Lipinski definition) is 3. The van der Waals surface area contributed by atoms with Gasteiger partial charge < -0.3 is 20.5 Å². The molecule has 0 aliphatic rings. The number of carbonyl (C=O) groups excluding carboxylic acids is 1. The summed E-state index contributed by atoms with van der Waals surface area (Å²) in [6.45, 7) is 3.16. The molecule has 0 fully saturated rings. The van der Waals surface area contributed by atoms with Crippen molar-refractivity contribution in [1.29, 1.82) is 0 Å². The first-order chi connectivity index (χ1) is 14.5. The summed E-state index contributed by atoms with van der Waals surface area (Å²) in [6.07, 6.45) is -0.620. The fourth-order valence-electron chi connectivity index (χ4n) is 3.06. The van der Waals surface area contributed by atoms with Gasteiger partial charge >= 0.3 is 5.97 Å². The van der Waals surface area contributed by atoms with Crippen LogP contribution in [0.1, 0.15) is 28.9 Å². The van der Waals surface area contributed by atoms with E-state index in [1.165, 1.54) is 18.4 Å². The standard InChI is InChI=1S/C23H25ClN2O3S/c1-15(25-14-21(27)16-5-3-7-18(24)11-16)13-26-19-8-4-6-17(12-19)22-20(9-10-30-22)23(28)29-2/h3-12,15,21,25-27H,13-14H2,1-2H3. The highest BCUT2D eigenvalue weighted by atomic mass is 35.5. The van der Waals surface area contributed by atoms with E-state index in [0.29, 0.717) is 23.7 Å². The van der Waals surface area contributed by atoms with E-state index in [0.717, 1.165) is 21.7 Å². The number of methoxy groups -OCH3 is 1. The number of aliphatic hydroxyl groups excluding tert-OH is 1. The van der Waals surface area contributed by atoms with Gasteiger partial charge in [0.2, 0.25) is 0 Å². The molecule has 1 aromatic heterocycles. The number of carbonyl (C=O) groups is 1. The number of aliphatic hydroxyl groups is 1. The molecule has 2 unspecified atom stereocenters. The largest absolute Gasteiger partial charge is 0.465 e. The Bertz CT molecular complexity index is 992. The molecular weight excluding hydrogens is 420 g/mol. The van der Waals surface area contributed by atoms with Crippen molar-refractivity contribution in [2.75, 3.05) is 25.5 Å². The van der Waals surface area contributed by atoms with Crippen LogP contribution in [0.25, 0.3) is 10.4 Å². The molecular formula is C23H25ClN2O3S. The van der Waals surface area contributed by atoms with Gasteiger partial charge in [-0.15, -0.1) is 11.3 Å². The third-order valence-corrected chi connectivity index (χ3v) is 5.90. The topological polar surface area (TPSA) is 70.6 Å². The monoisotopic (exact) mass is 444 g/mol. The van der Waals surface area contributed by atoms with Crippen LogP contribution in [-0.2, 0) is 4.74 Å². The second-order valence-corrected chi connectivity index (χ2v) is 8.35. The predicted molar refractivity (Wildman–Crippen MR) is 123 cm³/mol. The number of ether oxygens (including phenoxy) is 1. The zero-order valence-electron chi connectivity index (χ0n) is 16.9. The first-order valence-electron chi connectivity index (χ1n) is 9.65. The molecule has 0 bridgehead atoms. The van der Waals surface area contributed by atoms with Crippen molar-refractivity contribution in [2.45, 2.75) is 19.1 Å². The summed E-state index contributed by atoms with van der Waals surface area (Å²) < 4.78 is 4.87. The SMILES string of the molecule is COC(=O)c1ccsc1-c1cccc(NCC(C)NCC(O)c2cccc(Cl)c2)c1. The van der Waals surface area contributed by atoms with E-state index >= 15 is 0 Å². The van der Waals surface area contributed by atoms with Crippen molar-refractivity contribution in [1.82, 2.24) is 5.32 Å². The van der Waals surface area contributed by atoms with Crippen LogP contribution >= 0.6 is 22.9 Å². The zero-order chi connectivity index (χ0) is 21.5. The van der Waals surface area contributed by atoms with Crippen LogP contribution in [0.4, 0.5) is 5.69 Å². The Hall–Kier alpha value is -2.38. The van der Waals surface area contributed by atoms with E-state index < -0.39 is 6.10 Å². The van der Waals surface area contributed by atoms with E-state index in [4.69, 9.17) is 16.3 Å². The average Bonchev–Trinajstić information content (AvgIpc) is 3.25. The second-order valence-electron chi connectivity index (χ2n) is 7.00. The van der Waals surface area contributed by atoms with Gasteiger partial charge in [0.05, 0.1) is 18.8 Å². The van der Waals surface area contributed by atoms with E-state index in [2.05, 4.69) is 17.6 Å². The zero-order valence-corrected chi connectivity index (χ0v) is 18.5. The van der Waals surface area contributed by atoms with Crippen molar-refractivity contribution in [3.8, 4) is 10.4 Å². The minimum atomic E-state index is -0.620. The van der Waals surface area contributed by atoms with E-state index in [1.807, 2.05) is 41.8 Å². The Balaban J connectivity index is 1.55. The number of hydrogen-bond acceptors (Lipinski definition) is 6. The van der Waals surface area contributed by atoms with Gasteiger partial charge in [0.25, 0.3) is 0 Å². The Morgan fingerprint density at radius 1 is 1.17 bits per heavy atom. The predicted octanol–water partition coefficient (Wildman–Crippen LogP) is 4.98. The fourth-order valence-corrected chi connectivity index (χ4v) is 4.14. The van der Waals surface area contributed by atoms with Crippen molar-refractivity contribution in [2.24, 2.45) is 0 Å². The van der Waals surface area contributed by atoms with Crippen LogP contribution in [0.15, 0.2) is 60.0 Å². The average molecular weight is 445 g/mol. The molecule has 2 aromatic carbocycles. The van der Waals surface area contributed by atoms with Crippen LogP contribution in [0.2, 0.25) is 5.02 Å². The summed E-state index contributed by atoms with van der Waals surface area (Å²) in [5.74, 6) is -0.333. The van der Waals surface area contributed by atoms with Crippen LogP contribution in [0.5, 0.6) is 0 Å². The van der Waals surface area contributed by atoms with Gasteiger partial charge in [-0.3, -0.25) is 0 Å². The highest BCUT2D eigenvalue weighted by Crippen LogP contribution is 2.31. The third kappa shape index (κ3) is 5.83. The Labute approximate surface area is 185 Å². The molecule has 0 saturated heterocycles. The number of halogens is 1. The highest BCUT2D eigenvalue weighted by Gasteiger charge is 2.15. The molecule has 7 heteroatoms. The molecule has 30 heavy (non-hydrogen) atoms. The highest BCUT2D eigenvalue weighted by molar-refractivity contribution is 7.14. The molecule has 2 atom stereocenters. The molecule has 0 radical (unpaired) electrons. The van der Waals surface area contributed by atoms with Gasteiger partial charge in [0.15, 0.2) is 0 Å². The van der Waals surface area contributed by atoms with Gasteiger partial charge in [-0.05, 0) is 53.8 Å². The Morgan fingerprint density at radius 3 is 2.73 bits per heavy atom. The summed E-state index contributed by atoms with van der Waals surface area (Å²) >= 11 is 7.50. The van der Waals surface area contributed by atoms with Crippen molar-refractivity contribution in [3.63, 3.8) is 0 Å². The van der Waals surface area contributed by atoms with Crippen LogP contribution in [0, 0.1) is 0 Å². The van der Waals surface area contributed by atoms with Crippen molar-refractivity contribution >= 4 is 34.6 Å². The number of nitrogens with one attached hydrogen (secondary N) is 2. The second kappa shape index (κ2) is 10.6. The van der Waals surface area contributed by atoms with Gasteiger partial charge in [-0.25, -0.2) is 4.79 Å². The Morgan fingerprint density at radius 2 is 1.97 bits per heavy atom. The number of rotatable bonds is 9. The maximum absolute atomic E-state index is 11.9. The van der Waals surface area contributed by atoms with Crippen molar-refractivity contribution < 1.29 is 14.6 Å². The normalized spacial score (nSPS) is 12.9. The van der Waals surface area contributed by atoms with Crippen LogP contribution < -0.4 is 10.6 Å². The fraction of sp³-hybridized carbons (Fsp3) is 0.261. The molecule has 0 amide bonds. The van der Waals surface area contributed by atoms with Gasteiger partial charge in [-0.2, -0.15) is 0 Å². The van der Waals surface area contributed by atoms with Gasteiger partial charge in [0.1, 0.15) is 0 Å². The molecule has 158 valence electrons. The molecule has 3 aromatic rings. The smallest absolute Gasteiger partial charge is 0.339 e. The number of thiophene rings is 1. The minimum Gasteiger partial charge on any atom is -0.465 e. The lowest BCUT2D eigenvalue weighted by Gasteiger charge is -2.19. The van der Waals surface area contributed by atoms with Crippen LogP contribution in [-0.4, -0.2) is 37.3 Å². The molecule has 0 aliphatic heterocycles. The van der Waals surface area contributed by atoms with E-state index in [-0.39, 0.29) is 12.0 Å². The number of anilines is 1. The summed E-state index contributed by atoms with van der Waals surface area (Å²) in [5.41, 5.74) is 3.29. The number of benzene rings is 2. The molecule has 0 aliphatic carbocycles. The summed E-state index contributed by atoms with van der Waals surface area (Å²) in [5, 5.41) is 19.6. The minimum absolute atomic E-state index is 0.134. The maximum atomic E-state index is 11.9. The first kappa shape index (κ1) is 22.3. The summed E-state index contributed by atoms with van der Waals surface area (Å²) in [6, 6.07) is 17.1. The van der Waals surface area contributed by atoms with Gasteiger partial charge in [-0.1, -0.05) is 35.9 Å². The van der Waals surface area contributed by atoms with Crippen LogP contribution in [0.3, 0.4) is 0 Å². The summed E-state index contributed by atoms with van der Waals surface area (Å²) in [7, 11) is 1.39. The lowest BCUT2D eigenvalue weighted by atomic mass is 10.1. The maximum Gasteiger partial charge on any atom is 0.339 e. The molecule has 3 N–H and O–H groups in total. The molecule has 1 heterocycles. The first-order valence-corrected chi connectivity index (χ1v) is 10.9. The lowest BCUT2D eigenvalue weighted by molar-refractivity contribution is 0.0602. The Kier molecular flexibility index (Phi) is 7.87. The summed E-state index contributed by atoms with van der Waals surface area (Å²) in [4.78, 5) is 12.8. The quantitative estimate of drug-likeness (QED) is 0.406. The lowest BCUT2D eigenvalue weighted by Crippen LogP contribution is -2.35. The molecule has 3 rings (SSSR count). The molecule has 0 spiro atoms. The third-order valence-electron chi connectivity index (χ3n) is 4.70. The molecule has 5 nitrogen and oxygen atoms in total. The van der Waals surface area contributed by atoms with E-state index in [1.54, 1.807) is 18.2 Å². The number of esters is 1.